The van der Waals surface area contributed by atoms with Gasteiger partial charge in [-0.05, 0) is 26.7 Å². The van der Waals surface area contributed by atoms with Crippen LogP contribution in [0, 0.1) is 12.8 Å². The molecule has 1 N–H and O–H groups in total. The van der Waals surface area contributed by atoms with Gasteiger partial charge in [0.2, 0.25) is 0 Å². The van der Waals surface area contributed by atoms with Gasteiger partial charge in [0.05, 0.1) is 12.2 Å². The van der Waals surface area contributed by atoms with Crippen LogP contribution < -0.4 is 11.2 Å². The van der Waals surface area contributed by atoms with Crippen molar-refractivity contribution < 1.29 is 14.6 Å². The molecule has 26 heavy (non-hydrogen) atoms. The highest BCUT2D eigenvalue weighted by molar-refractivity contribution is 5.81. The van der Waals surface area contributed by atoms with Crippen LogP contribution in [-0.2, 0) is 23.1 Å². The SMILES string of the molecule is CCOCCOC(=Nc1c(C)c(=O)n(CCCO)c(=O)n1C)C(C)CC. The molecule has 1 atom stereocenters. The lowest BCUT2D eigenvalue weighted by atomic mass is 10.1. The van der Waals surface area contributed by atoms with E-state index in [2.05, 4.69) is 4.99 Å². The van der Waals surface area contributed by atoms with Gasteiger partial charge in [-0.15, -0.1) is 0 Å². The molecule has 0 radical (unpaired) electrons. The summed E-state index contributed by atoms with van der Waals surface area (Å²) in [6.07, 6.45) is 1.16. The van der Waals surface area contributed by atoms with E-state index in [-0.39, 0.29) is 19.1 Å². The van der Waals surface area contributed by atoms with E-state index in [1.54, 1.807) is 14.0 Å². The van der Waals surface area contributed by atoms with E-state index in [4.69, 9.17) is 14.6 Å². The molecule has 0 amide bonds. The molecule has 0 aliphatic rings. The second-order valence-corrected chi connectivity index (χ2v) is 6.13. The fourth-order valence-electron chi connectivity index (χ4n) is 2.41. The number of nitrogens with zero attached hydrogens (tertiary/aromatic N) is 3. The predicted octanol–water partition coefficient (Wildman–Crippen LogP) is 1.37. The summed E-state index contributed by atoms with van der Waals surface area (Å²) in [6, 6.07) is 0. The predicted molar refractivity (Wildman–Crippen MR) is 101 cm³/mol. The molecule has 0 aliphatic heterocycles. The smallest absolute Gasteiger partial charge is 0.332 e. The number of hydrogen-bond donors (Lipinski definition) is 1. The van der Waals surface area contributed by atoms with Gasteiger partial charge in [-0.25, -0.2) is 4.79 Å². The fourth-order valence-corrected chi connectivity index (χ4v) is 2.41. The van der Waals surface area contributed by atoms with Gasteiger partial charge < -0.3 is 14.6 Å². The summed E-state index contributed by atoms with van der Waals surface area (Å²) in [6.45, 7) is 9.07. The Hall–Kier alpha value is -1.93. The molecule has 0 aliphatic carbocycles. The first-order valence-corrected chi connectivity index (χ1v) is 9.09. The van der Waals surface area contributed by atoms with Crippen molar-refractivity contribution in [1.29, 1.82) is 0 Å². The second kappa shape index (κ2) is 10.9. The third-order valence-electron chi connectivity index (χ3n) is 4.21. The largest absolute Gasteiger partial charge is 0.478 e. The fraction of sp³-hybridized carbons (Fsp3) is 0.722. The van der Waals surface area contributed by atoms with E-state index in [1.165, 1.54) is 4.57 Å². The first kappa shape index (κ1) is 22.1. The zero-order chi connectivity index (χ0) is 19.7. The number of aliphatic imine (C=N–C) groups is 1. The van der Waals surface area contributed by atoms with Crippen LogP contribution in [0.1, 0.15) is 39.2 Å². The van der Waals surface area contributed by atoms with E-state index in [0.717, 1.165) is 11.0 Å². The van der Waals surface area contributed by atoms with Gasteiger partial charge in [0.15, 0.2) is 5.90 Å². The number of aromatic nitrogens is 2. The number of aliphatic hydroxyl groups is 1. The Bertz CT molecular complexity index is 684. The normalized spacial score (nSPS) is 13.1. The van der Waals surface area contributed by atoms with Crippen LogP contribution in [0.4, 0.5) is 5.82 Å². The third-order valence-corrected chi connectivity index (χ3v) is 4.21. The van der Waals surface area contributed by atoms with Crippen molar-refractivity contribution in [2.75, 3.05) is 26.4 Å². The van der Waals surface area contributed by atoms with Crippen LogP contribution in [-0.4, -0.2) is 46.6 Å². The standard InChI is InChI=1S/C18H31N3O5/c1-6-13(3)16(26-12-11-25-7-2)19-15-14(4)17(23)21(9-8-10-22)18(24)20(15)5/h13,22H,6-12H2,1-5H3. The van der Waals surface area contributed by atoms with E-state index >= 15 is 0 Å². The molecule has 0 spiro atoms. The van der Waals surface area contributed by atoms with Crippen LogP contribution in [0.3, 0.4) is 0 Å². The van der Waals surface area contributed by atoms with E-state index in [1.807, 2.05) is 20.8 Å². The number of aliphatic hydroxyl groups excluding tert-OH is 1. The van der Waals surface area contributed by atoms with Gasteiger partial charge in [-0.1, -0.05) is 13.8 Å². The Morgan fingerprint density at radius 1 is 1.27 bits per heavy atom. The minimum atomic E-state index is -0.453. The van der Waals surface area contributed by atoms with Crippen molar-refractivity contribution in [3.63, 3.8) is 0 Å². The highest BCUT2D eigenvalue weighted by Crippen LogP contribution is 2.16. The Morgan fingerprint density at radius 3 is 2.54 bits per heavy atom. The van der Waals surface area contributed by atoms with Gasteiger partial charge in [0.1, 0.15) is 12.4 Å². The molecule has 8 heteroatoms. The summed E-state index contributed by atoms with van der Waals surface area (Å²) in [4.78, 5) is 29.5. The number of rotatable bonds is 10. The molecular weight excluding hydrogens is 338 g/mol. The zero-order valence-corrected chi connectivity index (χ0v) is 16.4. The molecule has 1 unspecified atom stereocenters. The van der Waals surface area contributed by atoms with E-state index in [0.29, 0.717) is 43.5 Å². The number of ether oxygens (including phenoxy) is 2. The van der Waals surface area contributed by atoms with Crippen molar-refractivity contribution in [3.8, 4) is 0 Å². The molecule has 1 heterocycles. The lowest BCUT2D eigenvalue weighted by Crippen LogP contribution is -2.40. The van der Waals surface area contributed by atoms with Gasteiger partial charge in [0.25, 0.3) is 5.56 Å². The second-order valence-electron chi connectivity index (χ2n) is 6.13. The molecule has 0 bridgehead atoms. The molecule has 148 valence electrons. The molecule has 0 saturated carbocycles. The molecular formula is C18H31N3O5. The quantitative estimate of drug-likeness (QED) is 0.382. The van der Waals surface area contributed by atoms with Gasteiger partial charge in [0, 0.05) is 32.7 Å². The molecule has 8 nitrogen and oxygen atoms in total. The van der Waals surface area contributed by atoms with Crippen molar-refractivity contribution in [3.05, 3.63) is 26.4 Å². The summed E-state index contributed by atoms with van der Waals surface area (Å²) in [5, 5.41) is 8.96. The lowest BCUT2D eigenvalue weighted by molar-refractivity contribution is 0.103. The van der Waals surface area contributed by atoms with Gasteiger partial charge >= 0.3 is 5.69 Å². The monoisotopic (exact) mass is 369 g/mol. The minimum Gasteiger partial charge on any atom is -0.478 e. The summed E-state index contributed by atoms with van der Waals surface area (Å²) in [7, 11) is 1.58. The highest BCUT2D eigenvalue weighted by Gasteiger charge is 2.17. The first-order valence-electron chi connectivity index (χ1n) is 9.09. The van der Waals surface area contributed by atoms with Crippen LogP contribution >= 0.6 is 0 Å². The molecule has 0 aromatic carbocycles. The van der Waals surface area contributed by atoms with E-state index in [9.17, 15) is 9.59 Å². The molecule has 1 aromatic heterocycles. The van der Waals surface area contributed by atoms with Crippen molar-refractivity contribution in [2.45, 2.75) is 47.1 Å². The topological polar surface area (TPSA) is 95.1 Å². The minimum absolute atomic E-state index is 0.0444. The zero-order valence-electron chi connectivity index (χ0n) is 16.4. The maximum absolute atomic E-state index is 12.5. The Labute approximate surface area is 154 Å². The lowest BCUT2D eigenvalue weighted by Gasteiger charge is -2.17. The summed E-state index contributed by atoms with van der Waals surface area (Å²) < 4.78 is 13.5. The van der Waals surface area contributed by atoms with Crippen LogP contribution in [0.25, 0.3) is 0 Å². The van der Waals surface area contributed by atoms with Crippen LogP contribution in [0.2, 0.25) is 0 Å². The number of hydrogen-bond acceptors (Lipinski definition) is 6. The average molecular weight is 369 g/mol. The maximum atomic E-state index is 12.5. The third kappa shape index (κ3) is 5.54. The van der Waals surface area contributed by atoms with Crippen molar-refractivity contribution >= 4 is 11.7 Å². The Morgan fingerprint density at radius 2 is 1.96 bits per heavy atom. The first-order chi connectivity index (χ1) is 12.4. The van der Waals surface area contributed by atoms with Crippen LogP contribution in [0.15, 0.2) is 14.6 Å². The van der Waals surface area contributed by atoms with E-state index < -0.39 is 11.2 Å². The molecule has 0 fully saturated rings. The van der Waals surface area contributed by atoms with Crippen LogP contribution in [0.5, 0.6) is 0 Å². The molecule has 1 rings (SSSR count). The van der Waals surface area contributed by atoms with Crippen molar-refractivity contribution in [2.24, 2.45) is 18.0 Å². The summed E-state index contributed by atoms with van der Waals surface area (Å²) in [5.74, 6) is 0.827. The Balaban J connectivity index is 3.31. The van der Waals surface area contributed by atoms with Gasteiger partial charge in [-0.3, -0.25) is 13.9 Å². The Kier molecular flexibility index (Phi) is 9.29. The molecule has 1 aromatic rings. The summed E-state index contributed by atoms with van der Waals surface area (Å²) in [5.41, 5.74) is -0.469. The maximum Gasteiger partial charge on any atom is 0.332 e. The van der Waals surface area contributed by atoms with Crippen molar-refractivity contribution in [1.82, 2.24) is 9.13 Å². The summed E-state index contributed by atoms with van der Waals surface area (Å²) >= 11 is 0. The van der Waals surface area contributed by atoms with Gasteiger partial charge in [-0.2, -0.15) is 4.99 Å². The average Bonchev–Trinajstić information content (AvgIpc) is 2.64. The molecule has 0 saturated heterocycles. The highest BCUT2D eigenvalue weighted by atomic mass is 16.5.